The van der Waals surface area contributed by atoms with Gasteiger partial charge in [0.15, 0.2) is 6.61 Å². The van der Waals surface area contributed by atoms with E-state index in [1.165, 1.54) is 24.0 Å². The molecule has 0 bridgehead atoms. The maximum atomic E-state index is 12.1. The number of nitrogens with one attached hydrogen (secondary N) is 1. The lowest BCUT2D eigenvalue weighted by Crippen LogP contribution is -2.21. The minimum atomic E-state index is -0.455. The first-order valence-corrected chi connectivity index (χ1v) is 8.47. The van der Waals surface area contributed by atoms with Gasteiger partial charge in [0.2, 0.25) is 0 Å². The second-order valence-corrected chi connectivity index (χ2v) is 6.54. The minimum Gasteiger partial charge on any atom is -0.484 e. The first kappa shape index (κ1) is 18.0. The number of hydrogen-bond acceptors (Lipinski definition) is 5. The van der Waals surface area contributed by atoms with Crippen molar-refractivity contribution >= 4 is 28.2 Å². The average molecular weight is 347 g/mol. The summed E-state index contributed by atoms with van der Waals surface area (Å²) in [4.78, 5) is 25.0. The second-order valence-electron chi connectivity index (χ2n) is 5.31. The summed E-state index contributed by atoms with van der Waals surface area (Å²) >= 11 is 1.35. The van der Waals surface area contributed by atoms with E-state index in [2.05, 4.69) is 12.2 Å². The van der Waals surface area contributed by atoms with Gasteiger partial charge in [-0.15, -0.1) is 11.3 Å². The highest BCUT2D eigenvalue weighted by molar-refractivity contribution is 7.16. The van der Waals surface area contributed by atoms with Crippen LogP contribution in [0.5, 0.6) is 5.75 Å². The molecule has 1 amide bonds. The second kappa shape index (κ2) is 7.97. The molecule has 0 unspecified atom stereocenters. The van der Waals surface area contributed by atoms with Crippen LogP contribution in [-0.2, 0) is 16.0 Å². The Hall–Kier alpha value is -2.34. The lowest BCUT2D eigenvalue weighted by Gasteiger charge is -2.08. The van der Waals surface area contributed by atoms with Crippen molar-refractivity contribution in [1.29, 1.82) is 0 Å². The van der Waals surface area contributed by atoms with Gasteiger partial charge in [-0.25, -0.2) is 4.79 Å². The van der Waals surface area contributed by atoms with Crippen LogP contribution in [0.4, 0.5) is 5.00 Å². The monoisotopic (exact) mass is 347 g/mol. The van der Waals surface area contributed by atoms with Crippen LogP contribution in [-0.4, -0.2) is 25.6 Å². The van der Waals surface area contributed by atoms with E-state index < -0.39 is 5.97 Å². The Morgan fingerprint density at radius 2 is 1.83 bits per heavy atom. The normalized spacial score (nSPS) is 10.3. The van der Waals surface area contributed by atoms with E-state index in [1.54, 1.807) is 0 Å². The van der Waals surface area contributed by atoms with E-state index in [0.717, 1.165) is 16.9 Å². The molecule has 0 atom stereocenters. The Bertz CT molecular complexity index is 734. The molecule has 128 valence electrons. The first-order valence-electron chi connectivity index (χ1n) is 7.66. The molecular formula is C18H21NO4S. The van der Waals surface area contributed by atoms with Crippen molar-refractivity contribution in [1.82, 2.24) is 0 Å². The van der Waals surface area contributed by atoms with Crippen molar-refractivity contribution in [2.45, 2.75) is 27.2 Å². The average Bonchev–Trinajstić information content (AvgIpc) is 2.86. The topological polar surface area (TPSA) is 64.6 Å². The molecule has 0 aliphatic heterocycles. The summed E-state index contributed by atoms with van der Waals surface area (Å²) in [5, 5.41) is 3.23. The number of rotatable bonds is 6. The van der Waals surface area contributed by atoms with E-state index in [4.69, 9.17) is 9.47 Å². The fourth-order valence-corrected chi connectivity index (χ4v) is 3.26. The molecule has 24 heavy (non-hydrogen) atoms. The molecule has 1 N–H and O–H groups in total. The summed E-state index contributed by atoms with van der Waals surface area (Å²) in [6.07, 6.45) is 0.953. The van der Waals surface area contributed by atoms with Gasteiger partial charge < -0.3 is 14.8 Å². The van der Waals surface area contributed by atoms with Crippen LogP contribution < -0.4 is 10.1 Å². The minimum absolute atomic E-state index is 0.123. The number of hydrogen-bond donors (Lipinski definition) is 1. The molecule has 6 heteroatoms. The molecule has 1 aromatic heterocycles. The number of amides is 1. The number of carbonyl (C=O) groups is 2. The molecule has 0 fully saturated rings. The standard InChI is InChI=1S/C18H21NO4S/c1-5-13-6-8-14(9-7-13)23-10-15(20)19-17-16(18(21)22-4)11(2)12(3)24-17/h6-9H,5,10H2,1-4H3,(H,19,20). The van der Waals surface area contributed by atoms with Crippen molar-refractivity contribution in [2.75, 3.05) is 19.0 Å². The number of aryl methyl sites for hydroxylation is 2. The molecule has 0 aliphatic rings. The number of anilines is 1. The number of methoxy groups -OCH3 is 1. The van der Waals surface area contributed by atoms with E-state index in [0.29, 0.717) is 16.3 Å². The molecule has 0 radical (unpaired) electrons. The van der Waals surface area contributed by atoms with Gasteiger partial charge >= 0.3 is 5.97 Å². The maximum absolute atomic E-state index is 12.1. The van der Waals surface area contributed by atoms with Crippen LogP contribution >= 0.6 is 11.3 Å². The smallest absolute Gasteiger partial charge is 0.341 e. The van der Waals surface area contributed by atoms with Crippen molar-refractivity contribution in [3.63, 3.8) is 0 Å². The largest absolute Gasteiger partial charge is 0.484 e. The van der Waals surface area contributed by atoms with Crippen LogP contribution in [0, 0.1) is 13.8 Å². The molecule has 2 aromatic rings. The molecule has 5 nitrogen and oxygen atoms in total. The fourth-order valence-electron chi connectivity index (χ4n) is 2.20. The highest BCUT2D eigenvalue weighted by atomic mass is 32.1. The number of thiophene rings is 1. The summed E-state index contributed by atoms with van der Waals surface area (Å²) in [5.41, 5.74) is 2.43. The number of esters is 1. The predicted octanol–water partition coefficient (Wildman–Crippen LogP) is 3.73. The van der Waals surface area contributed by atoms with Crippen molar-refractivity contribution in [3.05, 3.63) is 45.8 Å². The zero-order valence-corrected chi connectivity index (χ0v) is 15.1. The van der Waals surface area contributed by atoms with Gasteiger partial charge in [0, 0.05) is 4.88 Å². The number of ether oxygens (including phenoxy) is 2. The Morgan fingerprint density at radius 1 is 1.17 bits per heavy atom. The van der Waals surface area contributed by atoms with Gasteiger partial charge in [-0.2, -0.15) is 0 Å². The van der Waals surface area contributed by atoms with Crippen LogP contribution in [0.1, 0.15) is 33.3 Å². The molecule has 0 saturated heterocycles. The summed E-state index contributed by atoms with van der Waals surface area (Å²) in [5.74, 6) is -0.140. The van der Waals surface area contributed by atoms with Gasteiger partial charge in [0.25, 0.3) is 5.91 Å². The lowest BCUT2D eigenvalue weighted by molar-refractivity contribution is -0.118. The quantitative estimate of drug-likeness (QED) is 0.809. The fraction of sp³-hybridized carbons (Fsp3) is 0.333. The third kappa shape index (κ3) is 4.14. The zero-order valence-electron chi connectivity index (χ0n) is 14.3. The van der Waals surface area contributed by atoms with Crippen LogP contribution in [0.3, 0.4) is 0 Å². The molecule has 0 aliphatic carbocycles. The number of carbonyl (C=O) groups excluding carboxylic acids is 2. The van der Waals surface area contributed by atoms with Crippen molar-refractivity contribution in [3.8, 4) is 5.75 Å². The highest BCUT2D eigenvalue weighted by Gasteiger charge is 2.21. The third-order valence-electron chi connectivity index (χ3n) is 3.73. The van der Waals surface area contributed by atoms with Gasteiger partial charge in [-0.3, -0.25) is 4.79 Å². The lowest BCUT2D eigenvalue weighted by atomic mass is 10.1. The maximum Gasteiger partial charge on any atom is 0.341 e. The summed E-state index contributed by atoms with van der Waals surface area (Å²) in [6.45, 7) is 5.68. The Kier molecular flexibility index (Phi) is 5.98. The van der Waals surface area contributed by atoms with Crippen LogP contribution in [0.2, 0.25) is 0 Å². The van der Waals surface area contributed by atoms with Gasteiger partial charge in [-0.05, 0) is 43.5 Å². The molecule has 2 rings (SSSR count). The van der Waals surface area contributed by atoms with Crippen molar-refractivity contribution in [2.24, 2.45) is 0 Å². The molecule has 0 spiro atoms. The van der Waals surface area contributed by atoms with E-state index in [-0.39, 0.29) is 12.5 Å². The first-order chi connectivity index (χ1) is 11.5. The Morgan fingerprint density at radius 3 is 2.42 bits per heavy atom. The summed E-state index contributed by atoms with van der Waals surface area (Å²) in [6, 6.07) is 7.61. The van der Waals surface area contributed by atoms with E-state index >= 15 is 0 Å². The van der Waals surface area contributed by atoms with Gasteiger partial charge in [0.1, 0.15) is 10.8 Å². The summed E-state index contributed by atoms with van der Waals surface area (Å²) < 4.78 is 10.3. The van der Waals surface area contributed by atoms with E-state index in [1.807, 2.05) is 38.1 Å². The van der Waals surface area contributed by atoms with Gasteiger partial charge in [0.05, 0.1) is 12.7 Å². The van der Waals surface area contributed by atoms with Gasteiger partial charge in [-0.1, -0.05) is 19.1 Å². The van der Waals surface area contributed by atoms with Crippen molar-refractivity contribution < 1.29 is 19.1 Å². The highest BCUT2D eigenvalue weighted by Crippen LogP contribution is 2.32. The Labute approximate surface area is 145 Å². The zero-order chi connectivity index (χ0) is 17.7. The molecular weight excluding hydrogens is 326 g/mol. The SMILES string of the molecule is CCc1ccc(OCC(=O)Nc2sc(C)c(C)c2C(=O)OC)cc1. The third-order valence-corrected chi connectivity index (χ3v) is 4.85. The van der Waals surface area contributed by atoms with Crippen LogP contribution in [0.15, 0.2) is 24.3 Å². The Balaban J connectivity index is 2.02. The summed E-state index contributed by atoms with van der Waals surface area (Å²) in [7, 11) is 1.32. The molecule has 1 heterocycles. The van der Waals surface area contributed by atoms with E-state index in [9.17, 15) is 9.59 Å². The van der Waals surface area contributed by atoms with Crippen LogP contribution in [0.25, 0.3) is 0 Å². The number of benzene rings is 1. The molecule has 0 saturated carbocycles. The molecule has 1 aromatic carbocycles. The predicted molar refractivity (Wildman–Crippen MR) is 95.1 cm³/mol.